The van der Waals surface area contributed by atoms with Crippen molar-refractivity contribution in [1.29, 1.82) is 0 Å². The molecule has 0 aliphatic rings. The second-order valence-electron chi connectivity index (χ2n) is 4.22. The Balaban J connectivity index is 2.98. The average Bonchev–Trinajstić information content (AvgIpc) is 2.27. The molecule has 0 amide bonds. The van der Waals surface area contributed by atoms with Gasteiger partial charge in [0.1, 0.15) is 11.5 Å². The first-order chi connectivity index (χ1) is 7.58. The van der Waals surface area contributed by atoms with Crippen LogP contribution in [0.15, 0.2) is 18.2 Å². The van der Waals surface area contributed by atoms with E-state index in [1.165, 1.54) is 0 Å². The molecule has 0 heterocycles. The highest BCUT2D eigenvalue weighted by Gasteiger charge is 2.14. The molecule has 0 aliphatic carbocycles. The van der Waals surface area contributed by atoms with Crippen LogP contribution in [0.2, 0.25) is 0 Å². The molecule has 2 unspecified atom stereocenters. The molecule has 0 spiro atoms. The van der Waals surface area contributed by atoms with Crippen molar-refractivity contribution in [3.8, 4) is 11.5 Å². The van der Waals surface area contributed by atoms with Crippen LogP contribution in [-0.2, 0) is 0 Å². The van der Waals surface area contributed by atoms with E-state index in [0.717, 1.165) is 23.5 Å². The second-order valence-corrected chi connectivity index (χ2v) is 4.22. The van der Waals surface area contributed by atoms with Crippen LogP contribution in [0.5, 0.6) is 11.5 Å². The van der Waals surface area contributed by atoms with Crippen LogP contribution >= 0.6 is 0 Å². The van der Waals surface area contributed by atoms with E-state index in [1.54, 1.807) is 14.2 Å². The lowest BCUT2D eigenvalue weighted by Crippen LogP contribution is -2.17. The third kappa shape index (κ3) is 3.14. The maximum absolute atomic E-state index is 5.82. The zero-order valence-electron chi connectivity index (χ0n) is 10.5. The quantitative estimate of drug-likeness (QED) is 0.834. The summed E-state index contributed by atoms with van der Waals surface area (Å²) < 4.78 is 10.6. The fourth-order valence-corrected chi connectivity index (χ4v) is 1.91. The Morgan fingerprint density at radius 3 is 2.38 bits per heavy atom. The molecule has 3 nitrogen and oxygen atoms in total. The van der Waals surface area contributed by atoms with E-state index in [0.29, 0.717) is 5.92 Å². The van der Waals surface area contributed by atoms with E-state index < -0.39 is 0 Å². The van der Waals surface area contributed by atoms with Crippen molar-refractivity contribution in [3.63, 3.8) is 0 Å². The molecule has 0 aliphatic heterocycles. The van der Waals surface area contributed by atoms with Crippen LogP contribution in [0.25, 0.3) is 0 Å². The summed E-state index contributed by atoms with van der Waals surface area (Å²) in [6.45, 7) is 4.17. The van der Waals surface area contributed by atoms with E-state index in [1.807, 2.05) is 25.1 Å². The van der Waals surface area contributed by atoms with Gasteiger partial charge in [-0.15, -0.1) is 0 Å². The van der Waals surface area contributed by atoms with Gasteiger partial charge in [0.25, 0.3) is 0 Å². The number of ether oxygens (including phenoxy) is 2. The molecular weight excluding hydrogens is 202 g/mol. The Hall–Kier alpha value is -1.22. The molecular formula is C13H21NO2. The molecule has 1 aromatic rings. The van der Waals surface area contributed by atoms with E-state index in [-0.39, 0.29) is 6.04 Å². The van der Waals surface area contributed by atoms with Crippen molar-refractivity contribution in [3.05, 3.63) is 23.8 Å². The van der Waals surface area contributed by atoms with Gasteiger partial charge in [-0.05, 0) is 37.5 Å². The Kier molecular flexibility index (Phi) is 4.62. The third-order valence-corrected chi connectivity index (χ3v) is 2.69. The summed E-state index contributed by atoms with van der Waals surface area (Å²) in [6.07, 6.45) is 0.934. The number of nitrogens with two attached hydrogens (primary N) is 1. The molecule has 0 bridgehead atoms. The Bertz CT molecular complexity index is 337. The van der Waals surface area contributed by atoms with Crippen molar-refractivity contribution in [2.75, 3.05) is 14.2 Å². The smallest absolute Gasteiger partial charge is 0.122 e. The van der Waals surface area contributed by atoms with Gasteiger partial charge in [0, 0.05) is 11.6 Å². The number of methoxy groups -OCH3 is 2. The maximum Gasteiger partial charge on any atom is 0.122 e. The van der Waals surface area contributed by atoms with Crippen molar-refractivity contribution in [1.82, 2.24) is 0 Å². The fraction of sp³-hybridized carbons (Fsp3) is 0.538. The summed E-state index contributed by atoms with van der Waals surface area (Å²) in [6, 6.07) is 6.05. The largest absolute Gasteiger partial charge is 0.497 e. The topological polar surface area (TPSA) is 44.5 Å². The van der Waals surface area contributed by atoms with Gasteiger partial charge in [0.15, 0.2) is 0 Å². The van der Waals surface area contributed by atoms with E-state index >= 15 is 0 Å². The SMILES string of the molecule is COc1ccc(OC)c(C(C)CC(C)N)c1. The number of hydrogen-bond donors (Lipinski definition) is 1. The molecule has 0 aromatic heterocycles. The van der Waals surface area contributed by atoms with Gasteiger partial charge in [0.2, 0.25) is 0 Å². The molecule has 90 valence electrons. The van der Waals surface area contributed by atoms with Crippen LogP contribution < -0.4 is 15.2 Å². The number of rotatable bonds is 5. The summed E-state index contributed by atoms with van der Waals surface area (Å²) >= 11 is 0. The van der Waals surface area contributed by atoms with Gasteiger partial charge in [0.05, 0.1) is 14.2 Å². The lowest BCUT2D eigenvalue weighted by atomic mass is 9.94. The minimum atomic E-state index is 0.186. The lowest BCUT2D eigenvalue weighted by Gasteiger charge is -2.18. The molecule has 1 aromatic carbocycles. The second kappa shape index (κ2) is 5.75. The van der Waals surface area contributed by atoms with Crippen molar-refractivity contribution in [2.45, 2.75) is 32.2 Å². The predicted octanol–water partition coefficient (Wildman–Crippen LogP) is 2.54. The lowest BCUT2D eigenvalue weighted by molar-refractivity contribution is 0.393. The van der Waals surface area contributed by atoms with E-state index in [2.05, 4.69) is 6.92 Å². The van der Waals surface area contributed by atoms with Gasteiger partial charge in [-0.2, -0.15) is 0 Å². The van der Waals surface area contributed by atoms with Gasteiger partial charge < -0.3 is 15.2 Å². The third-order valence-electron chi connectivity index (χ3n) is 2.69. The van der Waals surface area contributed by atoms with Gasteiger partial charge in [-0.1, -0.05) is 6.92 Å². The molecule has 0 radical (unpaired) electrons. The molecule has 0 fully saturated rings. The minimum absolute atomic E-state index is 0.186. The van der Waals surface area contributed by atoms with Crippen molar-refractivity contribution >= 4 is 0 Å². The number of hydrogen-bond acceptors (Lipinski definition) is 3. The Labute approximate surface area is 97.6 Å². The van der Waals surface area contributed by atoms with Gasteiger partial charge in [-0.3, -0.25) is 0 Å². The van der Waals surface area contributed by atoms with Gasteiger partial charge in [-0.25, -0.2) is 0 Å². The van der Waals surface area contributed by atoms with E-state index in [4.69, 9.17) is 15.2 Å². The van der Waals surface area contributed by atoms with Gasteiger partial charge >= 0.3 is 0 Å². The first-order valence-electron chi connectivity index (χ1n) is 5.56. The summed E-state index contributed by atoms with van der Waals surface area (Å²) in [7, 11) is 3.35. The Morgan fingerprint density at radius 2 is 1.88 bits per heavy atom. The normalized spacial score (nSPS) is 14.3. The highest BCUT2D eigenvalue weighted by atomic mass is 16.5. The average molecular weight is 223 g/mol. The zero-order valence-corrected chi connectivity index (χ0v) is 10.5. The molecule has 0 saturated carbocycles. The van der Waals surface area contributed by atoms with E-state index in [9.17, 15) is 0 Å². The standard InChI is InChI=1S/C13H21NO2/c1-9(7-10(2)14)12-8-11(15-3)5-6-13(12)16-4/h5-6,8-10H,7,14H2,1-4H3. The summed E-state index contributed by atoms with van der Waals surface area (Å²) in [5.74, 6) is 2.12. The predicted molar refractivity (Wildman–Crippen MR) is 66.2 cm³/mol. The molecule has 3 heteroatoms. The summed E-state index contributed by atoms with van der Waals surface area (Å²) in [4.78, 5) is 0. The van der Waals surface area contributed by atoms with Crippen molar-refractivity contribution in [2.24, 2.45) is 5.73 Å². The first kappa shape index (κ1) is 12.8. The molecule has 0 saturated heterocycles. The minimum Gasteiger partial charge on any atom is -0.497 e. The van der Waals surface area contributed by atoms with Crippen LogP contribution in [0.1, 0.15) is 31.7 Å². The number of benzene rings is 1. The van der Waals surface area contributed by atoms with Crippen LogP contribution in [0.3, 0.4) is 0 Å². The fourth-order valence-electron chi connectivity index (χ4n) is 1.91. The van der Waals surface area contributed by atoms with Crippen LogP contribution in [-0.4, -0.2) is 20.3 Å². The summed E-state index contributed by atoms with van der Waals surface area (Å²) in [5.41, 5.74) is 6.97. The molecule has 2 atom stereocenters. The first-order valence-corrected chi connectivity index (χ1v) is 5.56. The highest BCUT2D eigenvalue weighted by Crippen LogP contribution is 2.32. The van der Waals surface area contributed by atoms with Crippen LogP contribution in [0.4, 0.5) is 0 Å². The summed E-state index contributed by atoms with van der Waals surface area (Å²) in [5, 5.41) is 0. The molecule has 16 heavy (non-hydrogen) atoms. The van der Waals surface area contributed by atoms with Crippen molar-refractivity contribution < 1.29 is 9.47 Å². The Morgan fingerprint density at radius 1 is 1.19 bits per heavy atom. The monoisotopic (exact) mass is 223 g/mol. The molecule has 1 rings (SSSR count). The van der Waals surface area contributed by atoms with Crippen LogP contribution in [0, 0.1) is 0 Å². The maximum atomic E-state index is 5.82. The zero-order chi connectivity index (χ0) is 12.1. The molecule has 2 N–H and O–H groups in total. The highest BCUT2D eigenvalue weighted by molar-refractivity contribution is 5.42.